The smallest absolute Gasteiger partial charge is 0.302 e. The fourth-order valence-corrected chi connectivity index (χ4v) is 7.63. The molecule has 0 aromatic rings. The molecule has 3 heteroatoms. The molecule has 0 aromatic heterocycles. The van der Waals surface area contributed by atoms with E-state index in [0.717, 1.165) is 43.9 Å². The van der Waals surface area contributed by atoms with Gasteiger partial charge in [0.1, 0.15) is 11.9 Å². The van der Waals surface area contributed by atoms with Crippen molar-refractivity contribution in [2.45, 2.75) is 85.2 Å². The first-order chi connectivity index (χ1) is 12.3. The van der Waals surface area contributed by atoms with Crippen LogP contribution in [0, 0.1) is 34.5 Å². The Bertz CT molecular complexity index is 650. The van der Waals surface area contributed by atoms with Crippen LogP contribution >= 0.6 is 0 Å². The highest BCUT2D eigenvalue weighted by Gasteiger charge is 2.59. The molecule has 0 aliphatic heterocycles. The lowest BCUT2D eigenvalue weighted by atomic mass is 9.47. The largest absolute Gasteiger partial charge is 0.462 e. The summed E-state index contributed by atoms with van der Waals surface area (Å²) in [5.41, 5.74) is 2.04. The molecule has 4 aliphatic carbocycles. The van der Waals surface area contributed by atoms with Crippen LogP contribution in [0.1, 0.15) is 79.1 Å². The lowest BCUT2D eigenvalue weighted by Crippen LogP contribution is -2.51. The van der Waals surface area contributed by atoms with Crippen LogP contribution in [-0.4, -0.2) is 17.9 Å². The fraction of sp³-hybridized carbons (Fsp3) is 0.826. The van der Waals surface area contributed by atoms with Gasteiger partial charge in [-0.15, -0.1) is 0 Å². The normalized spacial score (nSPS) is 47.2. The minimum atomic E-state index is -0.150. The van der Waals surface area contributed by atoms with Crippen molar-refractivity contribution < 1.29 is 14.3 Å². The molecule has 3 saturated carbocycles. The molecule has 3 nitrogen and oxygen atoms in total. The molecular weight excluding hydrogens is 324 g/mol. The molecule has 0 radical (unpaired) electrons. The van der Waals surface area contributed by atoms with Gasteiger partial charge in [-0.1, -0.05) is 25.5 Å². The summed E-state index contributed by atoms with van der Waals surface area (Å²) < 4.78 is 5.53. The Hall–Kier alpha value is -1.12. The Labute approximate surface area is 157 Å². The van der Waals surface area contributed by atoms with Crippen molar-refractivity contribution in [2.24, 2.45) is 34.5 Å². The molecule has 0 spiro atoms. The van der Waals surface area contributed by atoms with Crippen LogP contribution in [-0.2, 0) is 14.3 Å². The van der Waals surface area contributed by atoms with E-state index in [2.05, 4.69) is 19.9 Å². The van der Waals surface area contributed by atoms with E-state index in [1.165, 1.54) is 26.2 Å². The minimum absolute atomic E-state index is 0.0748. The molecule has 144 valence electrons. The Morgan fingerprint density at radius 2 is 1.81 bits per heavy atom. The summed E-state index contributed by atoms with van der Waals surface area (Å²) in [7, 11) is 0. The maximum Gasteiger partial charge on any atom is 0.302 e. The predicted octanol–water partition coefficient (Wildman–Crippen LogP) is 5.09. The molecule has 0 aromatic carbocycles. The second-order valence-electron chi connectivity index (χ2n) is 10.0. The van der Waals surface area contributed by atoms with E-state index in [-0.39, 0.29) is 28.8 Å². The maximum absolute atomic E-state index is 12.2. The molecule has 0 unspecified atom stereocenters. The molecule has 0 saturated heterocycles. The summed E-state index contributed by atoms with van der Waals surface area (Å²) in [6.07, 6.45) is 11.6. The van der Waals surface area contributed by atoms with E-state index in [1.807, 2.05) is 0 Å². The summed E-state index contributed by atoms with van der Waals surface area (Å²) in [5, 5.41) is 0. The number of carbonyl (C=O) groups excluding carboxylic acids is 2. The third kappa shape index (κ3) is 2.60. The van der Waals surface area contributed by atoms with E-state index in [9.17, 15) is 9.59 Å². The summed E-state index contributed by atoms with van der Waals surface area (Å²) in [6.45, 7) is 8.21. The quantitative estimate of drug-likeness (QED) is 0.510. The molecule has 4 rings (SSSR count). The van der Waals surface area contributed by atoms with Crippen molar-refractivity contribution in [1.82, 2.24) is 0 Å². The molecule has 7 atom stereocenters. The van der Waals surface area contributed by atoms with Crippen LogP contribution in [0.25, 0.3) is 0 Å². The topological polar surface area (TPSA) is 43.4 Å². The second-order valence-corrected chi connectivity index (χ2v) is 10.0. The van der Waals surface area contributed by atoms with E-state index in [0.29, 0.717) is 11.7 Å². The third-order valence-electron chi connectivity index (χ3n) is 8.88. The van der Waals surface area contributed by atoms with E-state index >= 15 is 0 Å². The van der Waals surface area contributed by atoms with Crippen LogP contribution in [0.15, 0.2) is 11.6 Å². The van der Waals surface area contributed by atoms with E-state index < -0.39 is 0 Å². The van der Waals surface area contributed by atoms with Crippen molar-refractivity contribution in [2.75, 3.05) is 0 Å². The lowest BCUT2D eigenvalue weighted by molar-refractivity contribution is -0.149. The Balaban J connectivity index is 1.59. The molecular formula is C23H34O3. The van der Waals surface area contributed by atoms with Gasteiger partial charge in [-0.3, -0.25) is 9.59 Å². The van der Waals surface area contributed by atoms with Crippen LogP contribution in [0.4, 0.5) is 0 Å². The standard InChI is InChI=1S/C23H34O3/c1-14(24)19-7-8-20-18-6-5-16-13-17(26-15(2)25)9-11-22(16,3)21(18)10-12-23(19,20)4/h5,17-21H,6-13H2,1-4H3/t17-,18+,19-,20+,21+,22-,23-/m0/s1. The number of fused-ring (bicyclic) bond motifs is 5. The van der Waals surface area contributed by atoms with E-state index in [1.54, 1.807) is 12.5 Å². The summed E-state index contributed by atoms with van der Waals surface area (Å²) in [5.74, 6) is 2.72. The van der Waals surface area contributed by atoms with Crippen molar-refractivity contribution in [3.8, 4) is 0 Å². The van der Waals surface area contributed by atoms with Crippen molar-refractivity contribution >= 4 is 11.8 Å². The van der Waals surface area contributed by atoms with Crippen molar-refractivity contribution in [3.63, 3.8) is 0 Å². The van der Waals surface area contributed by atoms with Gasteiger partial charge >= 0.3 is 5.97 Å². The highest BCUT2D eigenvalue weighted by Crippen LogP contribution is 2.66. The van der Waals surface area contributed by atoms with Crippen LogP contribution in [0.5, 0.6) is 0 Å². The van der Waals surface area contributed by atoms with Gasteiger partial charge in [0.05, 0.1) is 0 Å². The van der Waals surface area contributed by atoms with Gasteiger partial charge in [0.25, 0.3) is 0 Å². The second kappa shape index (κ2) is 6.21. The van der Waals surface area contributed by atoms with Crippen molar-refractivity contribution in [3.05, 3.63) is 11.6 Å². The highest BCUT2D eigenvalue weighted by atomic mass is 16.5. The van der Waals surface area contributed by atoms with Gasteiger partial charge in [-0.05, 0) is 80.5 Å². The molecule has 0 amide bonds. The number of ketones is 1. The van der Waals surface area contributed by atoms with Gasteiger partial charge in [0, 0.05) is 19.3 Å². The first-order valence-electron chi connectivity index (χ1n) is 10.6. The summed E-state index contributed by atoms with van der Waals surface area (Å²) in [6, 6.07) is 0. The number of ether oxygens (including phenoxy) is 1. The van der Waals surface area contributed by atoms with Crippen LogP contribution in [0.2, 0.25) is 0 Å². The van der Waals surface area contributed by atoms with Crippen molar-refractivity contribution in [1.29, 1.82) is 0 Å². The van der Waals surface area contributed by atoms with Gasteiger partial charge in [0.15, 0.2) is 0 Å². The number of allylic oxidation sites excluding steroid dienone is 1. The number of rotatable bonds is 2. The van der Waals surface area contributed by atoms with Gasteiger partial charge in [-0.25, -0.2) is 0 Å². The Morgan fingerprint density at radius 3 is 2.50 bits per heavy atom. The average Bonchev–Trinajstić information content (AvgIpc) is 2.92. The van der Waals surface area contributed by atoms with Crippen LogP contribution in [0.3, 0.4) is 0 Å². The number of carbonyl (C=O) groups is 2. The average molecular weight is 359 g/mol. The molecule has 26 heavy (non-hydrogen) atoms. The first-order valence-corrected chi connectivity index (χ1v) is 10.6. The molecule has 0 bridgehead atoms. The molecule has 0 heterocycles. The third-order valence-corrected chi connectivity index (χ3v) is 8.88. The zero-order valence-electron chi connectivity index (χ0n) is 16.8. The van der Waals surface area contributed by atoms with Gasteiger partial charge in [-0.2, -0.15) is 0 Å². The Morgan fingerprint density at radius 1 is 1.04 bits per heavy atom. The number of hydrogen-bond acceptors (Lipinski definition) is 3. The zero-order valence-corrected chi connectivity index (χ0v) is 16.8. The number of hydrogen-bond donors (Lipinski definition) is 0. The summed E-state index contributed by atoms with van der Waals surface area (Å²) in [4.78, 5) is 23.6. The molecule has 3 fully saturated rings. The predicted molar refractivity (Wildman–Crippen MR) is 101 cm³/mol. The highest BCUT2D eigenvalue weighted by molar-refractivity contribution is 5.79. The zero-order chi connectivity index (χ0) is 18.7. The van der Waals surface area contributed by atoms with Gasteiger partial charge < -0.3 is 4.74 Å². The molecule has 4 aliphatic rings. The minimum Gasteiger partial charge on any atom is -0.462 e. The number of Topliss-reactive ketones (excluding diaryl/α,β-unsaturated/α-hetero) is 1. The Kier molecular flexibility index (Phi) is 4.36. The SMILES string of the molecule is CC(=O)O[C@H]1CC[C@@]2(C)C(=CC[C@@H]3[C@H]4CC[C@@H](C(C)=O)[C@]4(C)CC[C@H]32)C1. The first kappa shape index (κ1) is 18.3. The summed E-state index contributed by atoms with van der Waals surface area (Å²) >= 11 is 0. The lowest BCUT2D eigenvalue weighted by Gasteiger charge is -2.58. The molecule has 0 N–H and O–H groups in total. The van der Waals surface area contributed by atoms with Gasteiger partial charge in [0.2, 0.25) is 0 Å². The monoisotopic (exact) mass is 358 g/mol. The fourth-order valence-electron chi connectivity index (χ4n) is 7.63. The maximum atomic E-state index is 12.2. The van der Waals surface area contributed by atoms with Crippen LogP contribution < -0.4 is 0 Å². The number of esters is 1. The van der Waals surface area contributed by atoms with E-state index in [4.69, 9.17) is 4.74 Å².